The van der Waals surface area contributed by atoms with Crippen LogP contribution >= 0.6 is 22.9 Å². The van der Waals surface area contributed by atoms with Crippen LogP contribution in [-0.2, 0) is 6.42 Å². The van der Waals surface area contributed by atoms with Crippen LogP contribution in [0.15, 0.2) is 12.1 Å². The maximum atomic E-state index is 5.85. The van der Waals surface area contributed by atoms with E-state index in [0.717, 1.165) is 23.2 Å². The molecule has 0 bridgehead atoms. The van der Waals surface area contributed by atoms with Crippen molar-refractivity contribution in [1.29, 1.82) is 0 Å². The van der Waals surface area contributed by atoms with Gasteiger partial charge in [0, 0.05) is 4.88 Å². The first-order valence-electron chi connectivity index (χ1n) is 4.61. The zero-order chi connectivity index (χ0) is 9.68. The summed E-state index contributed by atoms with van der Waals surface area (Å²) >= 11 is 7.55. The quantitative estimate of drug-likeness (QED) is 0.799. The fourth-order valence-corrected chi connectivity index (χ4v) is 2.55. The lowest BCUT2D eigenvalue weighted by atomic mass is 10.0. The molecule has 0 saturated carbocycles. The lowest BCUT2D eigenvalue weighted by Crippen LogP contribution is -2.12. The third kappa shape index (κ3) is 4.12. The van der Waals surface area contributed by atoms with Gasteiger partial charge in [-0.05, 0) is 44.5 Å². The number of thiophene rings is 1. The molecule has 0 radical (unpaired) electrons. The molecular formula is C10H16ClNS. The van der Waals surface area contributed by atoms with Crippen molar-refractivity contribution in [3.05, 3.63) is 21.3 Å². The molecule has 0 aromatic carbocycles. The molecule has 1 aromatic heterocycles. The van der Waals surface area contributed by atoms with Gasteiger partial charge in [0.05, 0.1) is 4.34 Å². The summed E-state index contributed by atoms with van der Waals surface area (Å²) in [5.74, 6) is 0.738. The minimum atomic E-state index is 0.738. The van der Waals surface area contributed by atoms with Gasteiger partial charge in [0.2, 0.25) is 0 Å². The van der Waals surface area contributed by atoms with Crippen molar-refractivity contribution in [3.63, 3.8) is 0 Å². The largest absolute Gasteiger partial charge is 0.320 e. The second-order valence-corrected chi connectivity index (χ2v) is 5.21. The summed E-state index contributed by atoms with van der Waals surface area (Å²) in [5, 5.41) is 3.17. The van der Waals surface area contributed by atoms with E-state index in [-0.39, 0.29) is 0 Å². The maximum absolute atomic E-state index is 5.85. The van der Waals surface area contributed by atoms with Crippen LogP contribution in [0.2, 0.25) is 4.34 Å². The number of hydrogen-bond acceptors (Lipinski definition) is 2. The smallest absolute Gasteiger partial charge is 0.0931 e. The molecular weight excluding hydrogens is 202 g/mol. The molecule has 1 heterocycles. The van der Waals surface area contributed by atoms with E-state index in [0.29, 0.717) is 0 Å². The summed E-state index contributed by atoms with van der Waals surface area (Å²) in [6, 6.07) is 4.11. The van der Waals surface area contributed by atoms with Gasteiger partial charge in [-0.25, -0.2) is 0 Å². The first-order valence-corrected chi connectivity index (χ1v) is 5.80. The Morgan fingerprint density at radius 2 is 2.31 bits per heavy atom. The van der Waals surface area contributed by atoms with E-state index in [4.69, 9.17) is 11.6 Å². The standard InChI is InChI=1S/C10H16ClNS/c1-8(5-6-12-2)7-9-3-4-10(11)13-9/h3-4,8,12H,5-7H2,1-2H3. The molecule has 1 nitrogen and oxygen atoms in total. The van der Waals surface area contributed by atoms with Gasteiger partial charge < -0.3 is 5.32 Å². The Bertz CT molecular complexity index is 247. The fraction of sp³-hybridized carbons (Fsp3) is 0.600. The summed E-state index contributed by atoms with van der Waals surface area (Å²) < 4.78 is 0.899. The monoisotopic (exact) mass is 217 g/mol. The highest BCUT2D eigenvalue weighted by Crippen LogP contribution is 2.24. The lowest BCUT2D eigenvalue weighted by Gasteiger charge is -2.08. The minimum absolute atomic E-state index is 0.738. The molecule has 3 heteroatoms. The van der Waals surface area contributed by atoms with Crippen LogP contribution in [0.4, 0.5) is 0 Å². The highest BCUT2D eigenvalue weighted by molar-refractivity contribution is 7.16. The lowest BCUT2D eigenvalue weighted by molar-refractivity contribution is 0.518. The number of rotatable bonds is 5. The van der Waals surface area contributed by atoms with Crippen LogP contribution in [0, 0.1) is 5.92 Å². The van der Waals surface area contributed by atoms with E-state index in [1.807, 2.05) is 13.1 Å². The predicted molar refractivity (Wildman–Crippen MR) is 60.7 cm³/mol. The first kappa shape index (κ1) is 11.0. The Hall–Kier alpha value is -0.0500. The fourth-order valence-electron chi connectivity index (χ4n) is 1.30. The Morgan fingerprint density at radius 3 is 2.85 bits per heavy atom. The molecule has 1 atom stereocenters. The summed E-state index contributed by atoms with van der Waals surface area (Å²) in [4.78, 5) is 1.40. The number of halogens is 1. The van der Waals surface area contributed by atoms with Gasteiger partial charge in [-0.3, -0.25) is 0 Å². The molecule has 0 aliphatic heterocycles. The van der Waals surface area contributed by atoms with Gasteiger partial charge in [0.15, 0.2) is 0 Å². The van der Waals surface area contributed by atoms with Gasteiger partial charge in [0.25, 0.3) is 0 Å². The van der Waals surface area contributed by atoms with E-state index in [1.54, 1.807) is 11.3 Å². The SMILES string of the molecule is CNCCC(C)Cc1ccc(Cl)s1. The molecule has 0 fully saturated rings. The van der Waals surface area contributed by atoms with E-state index < -0.39 is 0 Å². The van der Waals surface area contributed by atoms with Gasteiger partial charge >= 0.3 is 0 Å². The highest BCUT2D eigenvalue weighted by atomic mass is 35.5. The van der Waals surface area contributed by atoms with Crippen molar-refractivity contribution in [2.24, 2.45) is 5.92 Å². The summed E-state index contributed by atoms with van der Waals surface area (Å²) in [5.41, 5.74) is 0. The van der Waals surface area contributed by atoms with Crippen molar-refractivity contribution in [3.8, 4) is 0 Å². The summed E-state index contributed by atoms with van der Waals surface area (Å²) in [6.07, 6.45) is 2.38. The summed E-state index contributed by atoms with van der Waals surface area (Å²) in [6.45, 7) is 3.38. The van der Waals surface area contributed by atoms with Crippen LogP contribution < -0.4 is 5.32 Å². The van der Waals surface area contributed by atoms with Crippen LogP contribution in [0.1, 0.15) is 18.2 Å². The minimum Gasteiger partial charge on any atom is -0.320 e. The van der Waals surface area contributed by atoms with E-state index in [9.17, 15) is 0 Å². The summed E-state index contributed by atoms with van der Waals surface area (Å²) in [7, 11) is 1.99. The van der Waals surface area contributed by atoms with Crippen molar-refractivity contribution in [1.82, 2.24) is 5.32 Å². The Morgan fingerprint density at radius 1 is 1.54 bits per heavy atom. The molecule has 1 unspecified atom stereocenters. The molecule has 1 rings (SSSR count). The maximum Gasteiger partial charge on any atom is 0.0931 e. The zero-order valence-corrected chi connectivity index (χ0v) is 9.71. The first-order chi connectivity index (χ1) is 6.22. The van der Waals surface area contributed by atoms with Crippen molar-refractivity contribution >= 4 is 22.9 Å². The third-order valence-corrected chi connectivity index (χ3v) is 3.32. The highest BCUT2D eigenvalue weighted by Gasteiger charge is 2.04. The second kappa shape index (κ2) is 5.63. The molecule has 13 heavy (non-hydrogen) atoms. The second-order valence-electron chi connectivity index (χ2n) is 3.41. The van der Waals surface area contributed by atoms with Crippen molar-refractivity contribution in [2.75, 3.05) is 13.6 Å². The normalized spacial score (nSPS) is 13.2. The van der Waals surface area contributed by atoms with Crippen molar-refractivity contribution < 1.29 is 0 Å². The van der Waals surface area contributed by atoms with Gasteiger partial charge in [0.1, 0.15) is 0 Å². The van der Waals surface area contributed by atoms with Crippen LogP contribution in [0.3, 0.4) is 0 Å². The molecule has 0 aliphatic rings. The Balaban J connectivity index is 2.31. The molecule has 0 aliphatic carbocycles. The van der Waals surface area contributed by atoms with E-state index in [2.05, 4.69) is 18.3 Å². The topological polar surface area (TPSA) is 12.0 Å². The van der Waals surface area contributed by atoms with Gasteiger partial charge in [-0.15, -0.1) is 11.3 Å². The van der Waals surface area contributed by atoms with Gasteiger partial charge in [-0.1, -0.05) is 18.5 Å². The Labute approximate surface area is 89.1 Å². The van der Waals surface area contributed by atoms with Crippen LogP contribution in [0.5, 0.6) is 0 Å². The average molecular weight is 218 g/mol. The van der Waals surface area contributed by atoms with Crippen LogP contribution in [0.25, 0.3) is 0 Å². The molecule has 0 spiro atoms. The van der Waals surface area contributed by atoms with E-state index in [1.165, 1.54) is 11.3 Å². The molecule has 0 saturated heterocycles. The van der Waals surface area contributed by atoms with Crippen molar-refractivity contribution in [2.45, 2.75) is 19.8 Å². The van der Waals surface area contributed by atoms with E-state index >= 15 is 0 Å². The molecule has 74 valence electrons. The van der Waals surface area contributed by atoms with Gasteiger partial charge in [-0.2, -0.15) is 0 Å². The Kier molecular flexibility index (Phi) is 4.78. The number of hydrogen-bond donors (Lipinski definition) is 1. The third-order valence-electron chi connectivity index (χ3n) is 2.07. The average Bonchev–Trinajstić information content (AvgIpc) is 2.48. The van der Waals surface area contributed by atoms with Crippen LogP contribution in [-0.4, -0.2) is 13.6 Å². The zero-order valence-electron chi connectivity index (χ0n) is 8.14. The number of nitrogens with one attached hydrogen (secondary N) is 1. The molecule has 1 aromatic rings. The molecule has 1 N–H and O–H groups in total. The molecule has 0 amide bonds. The predicted octanol–water partition coefficient (Wildman–Crippen LogP) is 3.19.